The number of aromatic nitrogens is 2. The first-order valence-electron chi connectivity index (χ1n) is 8.80. The molecule has 1 saturated heterocycles. The second-order valence-electron chi connectivity index (χ2n) is 6.22. The zero-order chi connectivity index (χ0) is 19.4. The van der Waals surface area contributed by atoms with Gasteiger partial charge in [0.2, 0.25) is 0 Å². The van der Waals surface area contributed by atoms with E-state index >= 15 is 0 Å². The molecule has 2 aromatic rings. The Hall–Kier alpha value is -2.74. The Balaban J connectivity index is 1.74. The Morgan fingerprint density at radius 1 is 1.30 bits per heavy atom. The highest BCUT2D eigenvalue weighted by atomic mass is 35.5. The summed E-state index contributed by atoms with van der Waals surface area (Å²) in [5.41, 5.74) is 8.65. The molecule has 0 atom stereocenters. The van der Waals surface area contributed by atoms with Gasteiger partial charge >= 0.3 is 6.09 Å². The summed E-state index contributed by atoms with van der Waals surface area (Å²) in [6, 6.07) is 5.59. The predicted molar refractivity (Wildman–Crippen MR) is 107 cm³/mol. The lowest BCUT2D eigenvalue weighted by molar-refractivity contribution is 0.105. The van der Waals surface area contributed by atoms with E-state index < -0.39 is 0 Å². The highest BCUT2D eigenvalue weighted by molar-refractivity contribution is 6.30. The Morgan fingerprint density at radius 2 is 2.04 bits per heavy atom. The summed E-state index contributed by atoms with van der Waals surface area (Å²) in [6.07, 6.45) is 1.19. The minimum absolute atomic E-state index is 0.286. The highest BCUT2D eigenvalue weighted by Gasteiger charge is 2.24. The molecule has 144 valence electrons. The van der Waals surface area contributed by atoms with Crippen LogP contribution in [-0.2, 0) is 4.74 Å². The predicted octanol–water partition coefficient (Wildman–Crippen LogP) is 3.04. The van der Waals surface area contributed by atoms with Crippen LogP contribution in [0.4, 0.5) is 27.8 Å². The minimum atomic E-state index is -0.286. The molecule has 3 rings (SSSR count). The smallest absolute Gasteiger partial charge is 0.409 e. The number of nitrogens with two attached hydrogens (primary N) is 1. The number of piperazine rings is 1. The molecule has 1 aromatic carbocycles. The molecule has 27 heavy (non-hydrogen) atoms. The lowest BCUT2D eigenvalue weighted by atomic mass is 10.2. The zero-order valence-corrected chi connectivity index (χ0v) is 16.2. The van der Waals surface area contributed by atoms with Crippen molar-refractivity contribution in [3.8, 4) is 0 Å². The number of hydrogen-bond donors (Lipinski definition) is 2. The third-order valence-electron chi connectivity index (χ3n) is 4.42. The molecule has 8 nitrogen and oxygen atoms in total. The van der Waals surface area contributed by atoms with Crippen LogP contribution < -0.4 is 16.0 Å². The van der Waals surface area contributed by atoms with Crippen molar-refractivity contribution in [2.45, 2.75) is 13.8 Å². The molecule has 0 aliphatic carbocycles. The van der Waals surface area contributed by atoms with Crippen LogP contribution in [0.5, 0.6) is 0 Å². The number of nitrogen functional groups attached to an aromatic ring is 1. The van der Waals surface area contributed by atoms with Gasteiger partial charge in [-0.2, -0.15) is 0 Å². The standard InChI is InChI=1S/C18H23ClN6O2/c1-3-27-18(26)25-8-6-24(7-9-25)17-15(20)16(21-11-22-17)23-14-10-13(19)5-4-12(14)2/h4-5,10-11H,3,6-9,20H2,1-2H3,(H,21,22,23). The molecule has 0 saturated carbocycles. The van der Waals surface area contributed by atoms with Crippen LogP contribution in [0.1, 0.15) is 12.5 Å². The molecular weight excluding hydrogens is 368 g/mol. The number of nitrogens with one attached hydrogen (secondary N) is 1. The summed E-state index contributed by atoms with van der Waals surface area (Å²) in [4.78, 5) is 24.2. The number of halogens is 1. The van der Waals surface area contributed by atoms with Gasteiger partial charge in [0.15, 0.2) is 11.6 Å². The molecule has 0 unspecified atom stereocenters. The molecule has 0 spiro atoms. The number of amides is 1. The fourth-order valence-corrected chi connectivity index (χ4v) is 3.08. The van der Waals surface area contributed by atoms with Crippen molar-refractivity contribution < 1.29 is 9.53 Å². The number of anilines is 4. The van der Waals surface area contributed by atoms with Crippen LogP contribution in [0, 0.1) is 6.92 Å². The molecular formula is C18H23ClN6O2. The lowest BCUT2D eigenvalue weighted by Gasteiger charge is -2.35. The fraction of sp³-hybridized carbons (Fsp3) is 0.389. The van der Waals surface area contributed by atoms with Gasteiger partial charge in [0.25, 0.3) is 0 Å². The van der Waals surface area contributed by atoms with E-state index in [0.717, 1.165) is 11.3 Å². The van der Waals surface area contributed by atoms with Crippen LogP contribution in [0.25, 0.3) is 0 Å². The van der Waals surface area contributed by atoms with Crippen molar-refractivity contribution in [2.24, 2.45) is 0 Å². The minimum Gasteiger partial charge on any atom is -0.450 e. The number of ether oxygens (including phenoxy) is 1. The van der Waals surface area contributed by atoms with E-state index in [1.807, 2.05) is 30.0 Å². The van der Waals surface area contributed by atoms with E-state index in [4.69, 9.17) is 22.1 Å². The first kappa shape index (κ1) is 19.0. The van der Waals surface area contributed by atoms with E-state index in [1.54, 1.807) is 11.8 Å². The Kier molecular flexibility index (Phi) is 5.85. The van der Waals surface area contributed by atoms with Crippen LogP contribution >= 0.6 is 11.6 Å². The van der Waals surface area contributed by atoms with E-state index in [2.05, 4.69) is 15.3 Å². The van der Waals surface area contributed by atoms with Gasteiger partial charge in [-0.3, -0.25) is 0 Å². The lowest BCUT2D eigenvalue weighted by Crippen LogP contribution is -2.49. The van der Waals surface area contributed by atoms with E-state index in [1.165, 1.54) is 6.33 Å². The third-order valence-corrected chi connectivity index (χ3v) is 4.66. The largest absolute Gasteiger partial charge is 0.450 e. The fourth-order valence-electron chi connectivity index (χ4n) is 2.91. The van der Waals surface area contributed by atoms with Gasteiger partial charge in [0.05, 0.1) is 6.61 Å². The first-order chi connectivity index (χ1) is 13.0. The van der Waals surface area contributed by atoms with Gasteiger partial charge in [-0.1, -0.05) is 17.7 Å². The number of hydrogen-bond acceptors (Lipinski definition) is 7. The Bertz CT molecular complexity index is 823. The number of carbonyl (C=O) groups excluding carboxylic acids is 1. The molecule has 3 N–H and O–H groups in total. The van der Waals surface area contributed by atoms with Crippen molar-refractivity contribution >= 4 is 40.7 Å². The number of rotatable bonds is 4. The molecule has 1 aromatic heterocycles. The molecule has 1 fully saturated rings. The monoisotopic (exact) mass is 390 g/mol. The molecule has 1 amide bonds. The van der Waals surface area contributed by atoms with Gasteiger partial charge < -0.3 is 25.6 Å². The molecule has 1 aliphatic rings. The van der Waals surface area contributed by atoms with E-state index in [-0.39, 0.29) is 6.09 Å². The van der Waals surface area contributed by atoms with Crippen LogP contribution in [0.3, 0.4) is 0 Å². The average Bonchev–Trinajstić information content (AvgIpc) is 2.67. The summed E-state index contributed by atoms with van der Waals surface area (Å²) in [5.74, 6) is 1.17. The summed E-state index contributed by atoms with van der Waals surface area (Å²) in [5, 5.41) is 3.86. The summed E-state index contributed by atoms with van der Waals surface area (Å²) in [7, 11) is 0. The molecule has 0 radical (unpaired) electrons. The maximum absolute atomic E-state index is 11.8. The summed E-state index contributed by atoms with van der Waals surface area (Å²) >= 11 is 6.08. The molecule has 1 aliphatic heterocycles. The number of nitrogens with zero attached hydrogens (tertiary/aromatic N) is 4. The Labute approximate surface area is 163 Å². The van der Waals surface area contributed by atoms with Gasteiger partial charge in [-0.05, 0) is 31.5 Å². The van der Waals surface area contributed by atoms with Crippen LogP contribution in [0.2, 0.25) is 5.02 Å². The Morgan fingerprint density at radius 3 is 2.74 bits per heavy atom. The number of benzene rings is 1. The zero-order valence-electron chi connectivity index (χ0n) is 15.4. The quantitative estimate of drug-likeness (QED) is 0.828. The average molecular weight is 391 g/mol. The van der Waals surface area contributed by atoms with Crippen molar-refractivity contribution in [3.05, 3.63) is 35.1 Å². The van der Waals surface area contributed by atoms with Gasteiger partial charge in [0.1, 0.15) is 12.0 Å². The second kappa shape index (κ2) is 8.30. The summed E-state index contributed by atoms with van der Waals surface area (Å²) < 4.78 is 5.05. The normalized spacial score (nSPS) is 14.2. The van der Waals surface area contributed by atoms with Crippen molar-refractivity contribution in [1.29, 1.82) is 0 Å². The van der Waals surface area contributed by atoms with Crippen molar-refractivity contribution in [2.75, 3.05) is 48.7 Å². The van der Waals surface area contributed by atoms with Crippen LogP contribution in [-0.4, -0.2) is 53.7 Å². The van der Waals surface area contributed by atoms with E-state index in [0.29, 0.717) is 55.1 Å². The number of carbonyl (C=O) groups is 1. The molecule has 2 heterocycles. The number of aryl methyl sites for hydroxylation is 1. The third kappa shape index (κ3) is 4.33. The maximum atomic E-state index is 11.8. The molecule has 9 heteroatoms. The van der Waals surface area contributed by atoms with E-state index in [9.17, 15) is 4.79 Å². The van der Waals surface area contributed by atoms with Crippen molar-refractivity contribution in [3.63, 3.8) is 0 Å². The highest BCUT2D eigenvalue weighted by Crippen LogP contribution is 2.31. The second-order valence-corrected chi connectivity index (χ2v) is 6.65. The SMILES string of the molecule is CCOC(=O)N1CCN(c2ncnc(Nc3cc(Cl)ccc3C)c2N)CC1. The topological polar surface area (TPSA) is 96.6 Å². The molecule has 0 bridgehead atoms. The first-order valence-corrected chi connectivity index (χ1v) is 9.17. The summed E-state index contributed by atoms with van der Waals surface area (Å²) in [6.45, 7) is 6.50. The van der Waals surface area contributed by atoms with Gasteiger partial charge in [-0.15, -0.1) is 0 Å². The van der Waals surface area contributed by atoms with Gasteiger partial charge in [0, 0.05) is 36.9 Å². The van der Waals surface area contributed by atoms with Crippen LogP contribution in [0.15, 0.2) is 24.5 Å². The van der Waals surface area contributed by atoms with Gasteiger partial charge in [-0.25, -0.2) is 14.8 Å². The maximum Gasteiger partial charge on any atom is 0.409 e. The van der Waals surface area contributed by atoms with Crippen molar-refractivity contribution in [1.82, 2.24) is 14.9 Å².